The van der Waals surface area contributed by atoms with Gasteiger partial charge in [0.2, 0.25) is 0 Å². The van der Waals surface area contributed by atoms with Gasteiger partial charge in [0.05, 0.1) is 18.8 Å². The summed E-state index contributed by atoms with van der Waals surface area (Å²) in [7, 11) is 0. The highest BCUT2D eigenvalue weighted by Gasteiger charge is 2.24. The van der Waals surface area contributed by atoms with E-state index in [0.717, 1.165) is 81.2 Å². The molecule has 6 heteroatoms. The third-order valence-electron chi connectivity index (χ3n) is 5.46. The van der Waals surface area contributed by atoms with E-state index in [0.29, 0.717) is 5.56 Å². The monoisotopic (exact) mass is 387 g/mol. The Morgan fingerprint density at radius 3 is 2.46 bits per heavy atom. The Bertz CT molecular complexity index is 808. The Morgan fingerprint density at radius 2 is 1.86 bits per heavy atom. The highest BCUT2D eigenvalue weighted by atomic mass is 19.1. The highest BCUT2D eigenvalue weighted by molar-refractivity contribution is 6.02. The number of nitrogens with two attached hydrogens (primary N) is 1. The van der Waals surface area contributed by atoms with Crippen molar-refractivity contribution in [3.63, 3.8) is 0 Å². The summed E-state index contributed by atoms with van der Waals surface area (Å²) >= 11 is 0. The number of hydrogen-bond donors (Lipinski definition) is 1. The number of nitrogens with zero attached hydrogens (tertiary/aromatic N) is 2. The number of hydrogen-bond acceptors (Lipinski definition) is 3. The minimum Gasteiger partial charge on any atom is -0.379 e. The molecule has 0 saturated carbocycles. The Kier molecular flexibility index (Phi) is 6.86. The number of amides is 1. The Hall–Kier alpha value is -2.18. The van der Waals surface area contributed by atoms with E-state index in [9.17, 15) is 9.18 Å². The van der Waals surface area contributed by atoms with Crippen molar-refractivity contribution >= 4 is 5.91 Å². The van der Waals surface area contributed by atoms with Gasteiger partial charge in [0.25, 0.3) is 5.91 Å². The van der Waals surface area contributed by atoms with Gasteiger partial charge < -0.3 is 15.0 Å². The first-order chi connectivity index (χ1) is 13.5. The van der Waals surface area contributed by atoms with Gasteiger partial charge >= 0.3 is 0 Å². The molecule has 0 aliphatic carbocycles. The zero-order valence-corrected chi connectivity index (χ0v) is 16.8. The predicted octanol–water partition coefficient (Wildman–Crippen LogP) is 3.38. The maximum absolute atomic E-state index is 13.4. The van der Waals surface area contributed by atoms with E-state index in [1.54, 1.807) is 12.1 Å². The van der Waals surface area contributed by atoms with E-state index in [-0.39, 0.29) is 5.82 Å². The highest BCUT2D eigenvalue weighted by Crippen LogP contribution is 2.34. The van der Waals surface area contributed by atoms with Crippen molar-refractivity contribution in [2.45, 2.75) is 39.7 Å². The molecule has 0 bridgehead atoms. The normalized spacial score (nSPS) is 15.1. The van der Waals surface area contributed by atoms with Crippen LogP contribution < -0.4 is 5.73 Å². The van der Waals surface area contributed by atoms with Crippen LogP contribution in [-0.2, 0) is 17.7 Å². The summed E-state index contributed by atoms with van der Waals surface area (Å²) in [6.07, 6.45) is 2.80. The molecule has 2 heterocycles. The molecule has 0 atom stereocenters. The third kappa shape index (κ3) is 4.45. The van der Waals surface area contributed by atoms with Crippen LogP contribution in [0.5, 0.6) is 0 Å². The van der Waals surface area contributed by atoms with Gasteiger partial charge in [0.15, 0.2) is 0 Å². The van der Waals surface area contributed by atoms with Crippen molar-refractivity contribution in [2.75, 3.05) is 32.8 Å². The summed E-state index contributed by atoms with van der Waals surface area (Å²) in [4.78, 5) is 14.7. The summed E-state index contributed by atoms with van der Waals surface area (Å²) in [5, 5.41) is 0. The van der Waals surface area contributed by atoms with Crippen LogP contribution in [-0.4, -0.2) is 48.2 Å². The van der Waals surface area contributed by atoms with Crippen molar-refractivity contribution in [3.05, 3.63) is 47.0 Å². The van der Waals surface area contributed by atoms with E-state index in [1.807, 2.05) is 6.92 Å². The van der Waals surface area contributed by atoms with Gasteiger partial charge in [-0.25, -0.2) is 4.39 Å². The standard InChI is InChI=1S/C22H30FN3O2/c1-3-5-19-21(17-6-8-18(23)9-7-17)20(22(24)27)16(2)26(19)11-4-10-25-12-14-28-15-13-25/h6-9H,3-5,10-15H2,1-2H3,(H2,24,27). The number of primary amides is 1. The molecule has 0 unspecified atom stereocenters. The molecule has 28 heavy (non-hydrogen) atoms. The van der Waals surface area contributed by atoms with Gasteiger partial charge in [-0.2, -0.15) is 0 Å². The topological polar surface area (TPSA) is 60.5 Å². The molecule has 0 spiro atoms. The van der Waals surface area contributed by atoms with E-state index in [2.05, 4.69) is 16.4 Å². The maximum Gasteiger partial charge on any atom is 0.251 e. The van der Waals surface area contributed by atoms with Crippen LogP contribution in [0, 0.1) is 12.7 Å². The summed E-state index contributed by atoms with van der Waals surface area (Å²) in [6, 6.07) is 6.32. The van der Waals surface area contributed by atoms with Crippen LogP contribution >= 0.6 is 0 Å². The van der Waals surface area contributed by atoms with Crippen LogP contribution in [0.25, 0.3) is 11.1 Å². The second-order valence-corrected chi connectivity index (χ2v) is 7.36. The smallest absolute Gasteiger partial charge is 0.251 e. The minimum absolute atomic E-state index is 0.289. The lowest BCUT2D eigenvalue weighted by atomic mass is 9.98. The van der Waals surface area contributed by atoms with Crippen LogP contribution in [0.4, 0.5) is 4.39 Å². The molecule has 1 fully saturated rings. The lowest BCUT2D eigenvalue weighted by molar-refractivity contribution is 0.0369. The number of morpholine rings is 1. The zero-order chi connectivity index (χ0) is 20.1. The molecule has 1 amide bonds. The number of ether oxygens (including phenoxy) is 1. The average molecular weight is 387 g/mol. The summed E-state index contributed by atoms with van der Waals surface area (Å²) in [5.41, 5.74) is 10.0. The number of benzene rings is 1. The molecule has 1 saturated heterocycles. The second-order valence-electron chi connectivity index (χ2n) is 7.36. The van der Waals surface area contributed by atoms with Crippen LogP contribution in [0.1, 0.15) is 41.5 Å². The molecule has 1 aliphatic heterocycles. The molecular formula is C22H30FN3O2. The molecule has 1 aromatic carbocycles. The van der Waals surface area contributed by atoms with Crippen molar-refractivity contribution in [1.82, 2.24) is 9.47 Å². The molecule has 2 N–H and O–H groups in total. The first-order valence-electron chi connectivity index (χ1n) is 10.1. The molecule has 152 valence electrons. The number of aromatic nitrogens is 1. The predicted molar refractivity (Wildman–Crippen MR) is 109 cm³/mol. The molecular weight excluding hydrogens is 357 g/mol. The van der Waals surface area contributed by atoms with E-state index >= 15 is 0 Å². The maximum atomic E-state index is 13.4. The van der Waals surface area contributed by atoms with Gasteiger partial charge in [0, 0.05) is 43.1 Å². The first kappa shape index (κ1) is 20.6. The first-order valence-corrected chi connectivity index (χ1v) is 10.1. The lowest BCUT2D eigenvalue weighted by Crippen LogP contribution is -2.37. The van der Waals surface area contributed by atoms with E-state index < -0.39 is 5.91 Å². The molecule has 5 nitrogen and oxygen atoms in total. The van der Waals surface area contributed by atoms with Crippen molar-refractivity contribution in [2.24, 2.45) is 5.73 Å². The second kappa shape index (κ2) is 9.34. The van der Waals surface area contributed by atoms with Crippen LogP contribution in [0.15, 0.2) is 24.3 Å². The van der Waals surface area contributed by atoms with Crippen LogP contribution in [0.3, 0.4) is 0 Å². The Morgan fingerprint density at radius 1 is 1.18 bits per heavy atom. The molecule has 3 rings (SSSR count). The quantitative estimate of drug-likeness (QED) is 0.755. The van der Waals surface area contributed by atoms with E-state index in [1.165, 1.54) is 12.1 Å². The van der Waals surface area contributed by atoms with Gasteiger partial charge in [-0.15, -0.1) is 0 Å². The molecule has 0 radical (unpaired) electrons. The average Bonchev–Trinajstić information content (AvgIpc) is 2.96. The van der Waals surface area contributed by atoms with Gasteiger partial charge in [0.1, 0.15) is 5.82 Å². The van der Waals surface area contributed by atoms with Crippen molar-refractivity contribution in [3.8, 4) is 11.1 Å². The fraction of sp³-hybridized carbons (Fsp3) is 0.500. The Labute approximate surface area is 166 Å². The molecule has 1 aromatic heterocycles. The largest absolute Gasteiger partial charge is 0.379 e. The number of carbonyl (C=O) groups excluding carboxylic acids is 1. The zero-order valence-electron chi connectivity index (χ0n) is 16.8. The number of rotatable bonds is 8. The fourth-order valence-electron chi connectivity index (χ4n) is 4.10. The summed E-state index contributed by atoms with van der Waals surface area (Å²) < 4.78 is 21.1. The molecule has 1 aliphatic rings. The number of carbonyl (C=O) groups is 1. The summed E-state index contributed by atoms with van der Waals surface area (Å²) in [5.74, 6) is -0.718. The van der Waals surface area contributed by atoms with Crippen molar-refractivity contribution in [1.29, 1.82) is 0 Å². The SMILES string of the molecule is CCCc1c(-c2ccc(F)cc2)c(C(N)=O)c(C)n1CCCN1CCOCC1. The van der Waals surface area contributed by atoms with Gasteiger partial charge in [-0.3, -0.25) is 9.69 Å². The van der Waals surface area contributed by atoms with E-state index in [4.69, 9.17) is 10.5 Å². The fourth-order valence-corrected chi connectivity index (χ4v) is 4.10. The minimum atomic E-state index is -0.430. The third-order valence-corrected chi connectivity index (χ3v) is 5.46. The van der Waals surface area contributed by atoms with Crippen LogP contribution in [0.2, 0.25) is 0 Å². The van der Waals surface area contributed by atoms with Gasteiger partial charge in [-0.05, 0) is 37.5 Å². The Balaban J connectivity index is 1.93. The van der Waals surface area contributed by atoms with Crippen molar-refractivity contribution < 1.29 is 13.9 Å². The molecule has 2 aromatic rings. The number of halogens is 1. The lowest BCUT2D eigenvalue weighted by Gasteiger charge is -2.26. The van der Waals surface area contributed by atoms with Gasteiger partial charge in [-0.1, -0.05) is 25.5 Å². The summed E-state index contributed by atoms with van der Waals surface area (Å²) in [6.45, 7) is 9.46.